The fourth-order valence-corrected chi connectivity index (χ4v) is 3.05. The number of carbonyl (C=O) groups excluding carboxylic acids is 1. The molecule has 1 unspecified atom stereocenters. The number of aromatic nitrogens is 2. The van der Waals surface area contributed by atoms with Crippen molar-refractivity contribution in [2.75, 3.05) is 0 Å². The smallest absolute Gasteiger partial charge is 0.270 e. The van der Waals surface area contributed by atoms with Gasteiger partial charge in [0.05, 0.1) is 11.7 Å². The molecular weight excluding hydrogens is 317 g/mol. The first-order chi connectivity index (χ1) is 12.1. The molecule has 1 atom stereocenters. The molecule has 1 N–H and O–H groups in total. The normalized spacial score (nSPS) is 15.1. The van der Waals surface area contributed by atoms with Gasteiger partial charge in [0.1, 0.15) is 17.0 Å². The van der Waals surface area contributed by atoms with Gasteiger partial charge in [-0.1, -0.05) is 24.3 Å². The van der Waals surface area contributed by atoms with Gasteiger partial charge in [-0.2, -0.15) is 0 Å². The second-order valence-corrected chi connectivity index (χ2v) is 6.50. The number of benzene rings is 1. The summed E-state index contributed by atoms with van der Waals surface area (Å²) in [6.45, 7) is 1.93. The van der Waals surface area contributed by atoms with Crippen LogP contribution in [0.2, 0.25) is 0 Å². The van der Waals surface area contributed by atoms with Crippen molar-refractivity contribution in [2.45, 2.75) is 25.8 Å². The molecule has 0 spiro atoms. The van der Waals surface area contributed by atoms with Crippen molar-refractivity contribution < 1.29 is 9.18 Å². The summed E-state index contributed by atoms with van der Waals surface area (Å²) in [5.41, 5.74) is 2.22. The highest BCUT2D eigenvalue weighted by Gasteiger charge is 2.34. The first-order valence-corrected chi connectivity index (χ1v) is 8.41. The number of nitrogens with one attached hydrogen (secondary N) is 1. The van der Waals surface area contributed by atoms with Crippen LogP contribution in [0.4, 0.5) is 4.39 Å². The van der Waals surface area contributed by atoms with Crippen molar-refractivity contribution in [3.05, 3.63) is 71.4 Å². The minimum absolute atomic E-state index is 0.134. The van der Waals surface area contributed by atoms with Crippen molar-refractivity contribution in [2.24, 2.45) is 5.92 Å². The Hall–Kier alpha value is -2.82. The van der Waals surface area contributed by atoms with E-state index in [0.29, 0.717) is 11.3 Å². The zero-order valence-electron chi connectivity index (χ0n) is 13.9. The van der Waals surface area contributed by atoms with E-state index >= 15 is 0 Å². The number of aryl methyl sites for hydroxylation is 1. The number of carbonyl (C=O) groups is 1. The van der Waals surface area contributed by atoms with E-state index in [4.69, 9.17) is 0 Å². The van der Waals surface area contributed by atoms with Gasteiger partial charge in [0.15, 0.2) is 0 Å². The minimum atomic E-state index is -0.425. The highest BCUT2D eigenvalue weighted by Crippen LogP contribution is 2.40. The van der Waals surface area contributed by atoms with Crippen molar-refractivity contribution in [1.29, 1.82) is 0 Å². The molecule has 5 heteroatoms. The zero-order valence-corrected chi connectivity index (χ0v) is 13.9. The van der Waals surface area contributed by atoms with Crippen LogP contribution in [0.25, 0.3) is 10.9 Å². The number of hydrogen-bond donors (Lipinski definition) is 1. The van der Waals surface area contributed by atoms with E-state index in [2.05, 4.69) is 15.3 Å². The van der Waals surface area contributed by atoms with Crippen LogP contribution in [0.15, 0.2) is 48.5 Å². The van der Waals surface area contributed by atoms with Gasteiger partial charge in [-0.25, -0.2) is 9.37 Å². The fraction of sp³-hybridized carbons (Fsp3) is 0.250. The summed E-state index contributed by atoms with van der Waals surface area (Å²) in [7, 11) is 0. The van der Waals surface area contributed by atoms with Crippen LogP contribution in [0.3, 0.4) is 0 Å². The molecule has 2 aromatic heterocycles. The first-order valence-electron chi connectivity index (χ1n) is 8.41. The van der Waals surface area contributed by atoms with E-state index in [1.54, 1.807) is 24.3 Å². The Morgan fingerprint density at radius 2 is 1.92 bits per heavy atom. The van der Waals surface area contributed by atoms with E-state index in [1.165, 1.54) is 6.07 Å². The lowest BCUT2D eigenvalue weighted by molar-refractivity contribution is 0.0926. The third-order valence-electron chi connectivity index (χ3n) is 4.51. The molecule has 1 fully saturated rings. The minimum Gasteiger partial charge on any atom is -0.342 e. The van der Waals surface area contributed by atoms with E-state index in [0.717, 1.165) is 24.2 Å². The van der Waals surface area contributed by atoms with Crippen LogP contribution in [-0.2, 0) is 0 Å². The van der Waals surface area contributed by atoms with Gasteiger partial charge < -0.3 is 5.32 Å². The van der Waals surface area contributed by atoms with Gasteiger partial charge in [-0.3, -0.25) is 9.78 Å². The SMILES string of the molecule is Cc1cccc(C(NC(=O)c2ccc3cccc(F)c3n2)C2CC2)n1. The van der Waals surface area contributed by atoms with Crippen molar-refractivity contribution in [3.63, 3.8) is 0 Å². The number of fused-ring (bicyclic) bond motifs is 1. The summed E-state index contributed by atoms with van der Waals surface area (Å²) >= 11 is 0. The van der Waals surface area contributed by atoms with Gasteiger partial charge in [0.25, 0.3) is 5.91 Å². The average molecular weight is 335 g/mol. The number of para-hydroxylation sites is 1. The van der Waals surface area contributed by atoms with Gasteiger partial charge in [0, 0.05) is 11.1 Å². The summed E-state index contributed by atoms with van der Waals surface area (Å²) < 4.78 is 13.9. The van der Waals surface area contributed by atoms with Gasteiger partial charge in [-0.15, -0.1) is 0 Å². The summed E-state index contributed by atoms with van der Waals surface area (Å²) in [5.74, 6) is -0.327. The third kappa shape index (κ3) is 3.22. The van der Waals surface area contributed by atoms with Crippen molar-refractivity contribution in [3.8, 4) is 0 Å². The number of halogens is 1. The maximum absolute atomic E-state index is 13.9. The number of hydrogen-bond acceptors (Lipinski definition) is 3. The van der Waals surface area contributed by atoms with Crippen LogP contribution < -0.4 is 5.32 Å². The quantitative estimate of drug-likeness (QED) is 0.785. The highest BCUT2D eigenvalue weighted by atomic mass is 19.1. The van der Waals surface area contributed by atoms with Gasteiger partial charge >= 0.3 is 0 Å². The lowest BCUT2D eigenvalue weighted by Crippen LogP contribution is -2.31. The fourth-order valence-electron chi connectivity index (χ4n) is 3.05. The highest BCUT2D eigenvalue weighted by molar-refractivity contribution is 5.95. The number of amides is 1. The molecule has 0 bridgehead atoms. The molecular formula is C20H18FN3O. The Labute approximate surface area is 145 Å². The topological polar surface area (TPSA) is 54.9 Å². The molecule has 126 valence electrons. The van der Waals surface area contributed by atoms with Crippen molar-refractivity contribution >= 4 is 16.8 Å². The standard InChI is InChI=1S/C20H18FN3O/c1-12-4-2-7-16(22-12)19(14-8-9-14)24-20(25)17-11-10-13-5-3-6-15(21)18(13)23-17/h2-7,10-11,14,19H,8-9H2,1H3,(H,24,25). The van der Waals surface area contributed by atoms with Crippen LogP contribution in [-0.4, -0.2) is 15.9 Å². The molecule has 0 saturated heterocycles. The molecule has 1 aliphatic rings. The summed E-state index contributed by atoms with van der Waals surface area (Å²) in [4.78, 5) is 21.4. The van der Waals surface area contributed by atoms with Gasteiger partial charge in [-0.05, 0) is 49.9 Å². The Morgan fingerprint density at radius 1 is 1.12 bits per heavy atom. The van der Waals surface area contributed by atoms with Crippen molar-refractivity contribution in [1.82, 2.24) is 15.3 Å². The Bertz CT molecular complexity index is 953. The Balaban J connectivity index is 1.63. The van der Waals surface area contributed by atoms with Crippen LogP contribution >= 0.6 is 0 Å². The third-order valence-corrected chi connectivity index (χ3v) is 4.51. The predicted molar refractivity (Wildman–Crippen MR) is 93.6 cm³/mol. The molecule has 4 nitrogen and oxygen atoms in total. The molecule has 1 aromatic carbocycles. The molecule has 0 aliphatic heterocycles. The molecule has 1 amide bonds. The lowest BCUT2D eigenvalue weighted by Gasteiger charge is -2.18. The van der Waals surface area contributed by atoms with Gasteiger partial charge in [0.2, 0.25) is 0 Å². The van der Waals surface area contributed by atoms with E-state index in [-0.39, 0.29) is 23.2 Å². The maximum Gasteiger partial charge on any atom is 0.270 e. The molecule has 1 saturated carbocycles. The largest absolute Gasteiger partial charge is 0.342 e. The molecule has 3 aromatic rings. The predicted octanol–water partition coefficient (Wildman–Crippen LogP) is 3.96. The van der Waals surface area contributed by atoms with Crippen LogP contribution in [0.5, 0.6) is 0 Å². The van der Waals surface area contributed by atoms with Crippen LogP contribution in [0.1, 0.15) is 40.8 Å². The molecule has 4 rings (SSSR count). The lowest BCUT2D eigenvalue weighted by atomic mass is 10.1. The number of pyridine rings is 2. The second kappa shape index (κ2) is 6.24. The molecule has 0 radical (unpaired) electrons. The maximum atomic E-state index is 13.9. The zero-order chi connectivity index (χ0) is 17.4. The molecule has 25 heavy (non-hydrogen) atoms. The average Bonchev–Trinajstić information content (AvgIpc) is 3.44. The summed E-state index contributed by atoms with van der Waals surface area (Å²) in [5, 5.41) is 3.71. The van der Waals surface area contributed by atoms with E-state index in [9.17, 15) is 9.18 Å². The molecule has 2 heterocycles. The monoisotopic (exact) mass is 335 g/mol. The Morgan fingerprint density at radius 3 is 2.68 bits per heavy atom. The second-order valence-electron chi connectivity index (χ2n) is 6.50. The number of nitrogens with zero attached hydrogens (tertiary/aromatic N) is 2. The molecule has 1 aliphatic carbocycles. The summed E-state index contributed by atoms with van der Waals surface area (Å²) in [6, 6.07) is 13.8. The van der Waals surface area contributed by atoms with E-state index < -0.39 is 5.82 Å². The Kier molecular flexibility index (Phi) is 3.92. The summed E-state index contributed by atoms with van der Waals surface area (Å²) in [6.07, 6.45) is 2.14. The van der Waals surface area contributed by atoms with Crippen LogP contribution in [0, 0.1) is 18.7 Å². The number of rotatable bonds is 4. The van der Waals surface area contributed by atoms with E-state index in [1.807, 2.05) is 25.1 Å². The first kappa shape index (κ1) is 15.7.